The molecule has 2 aromatic carbocycles. The minimum absolute atomic E-state index is 0.137. The fourth-order valence-corrected chi connectivity index (χ4v) is 3.01. The van der Waals surface area contributed by atoms with Gasteiger partial charge >= 0.3 is 6.03 Å². The van der Waals surface area contributed by atoms with E-state index in [-0.39, 0.29) is 18.3 Å². The summed E-state index contributed by atoms with van der Waals surface area (Å²) in [5, 5.41) is 5.46. The highest BCUT2D eigenvalue weighted by molar-refractivity contribution is 9.10. The summed E-state index contributed by atoms with van der Waals surface area (Å²) in [4.78, 5) is 26.6. The van der Waals surface area contributed by atoms with Crippen LogP contribution in [0.1, 0.15) is 30.9 Å². The standard InChI is InChI=1S/C21H25BrFN3O2/c1-3-4-19(20(27)26(2)14-16-5-9-17(22)10-6-16)25-21(28)24-13-15-7-11-18(23)12-8-15/h5-12,19H,3-4,13-14H2,1-2H3,(H2,24,25,28). The van der Waals surface area contributed by atoms with Crippen LogP contribution in [0, 0.1) is 5.82 Å². The van der Waals surface area contributed by atoms with Gasteiger partial charge in [0.05, 0.1) is 0 Å². The molecule has 0 aliphatic heterocycles. The van der Waals surface area contributed by atoms with Gasteiger partial charge in [-0.1, -0.05) is 53.5 Å². The van der Waals surface area contributed by atoms with Crippen LogP contribution < -0.4 is 10.6 Å². The van der Waals surface area contributed by atoms with Crippen molar-refractivity contribution in [3.05, 3.63) is 69.9 Å². The second kappa shape index (κ2) is 10.8. The van der Waals surface area contributed by atoms with Crippen molar-refractivity contribution in [3.8, 4) is 0 Å². The Bertz CT molecular complexity index is 781. The third kappa shape index (κ3) is 6.96. The number of hydrogen-bond acceptors (Lipinski definition) is 2. The van der Waals surface area contributed by atoms with Gasteiger partial charge in [-0.05, 0) is 41.8 Å². The summed E-state index contributed by atoms with van der Waals surface area (Å²) in [7, 11) is 1.73. The molecular formula is C21H25BrFN3O2. The minimum Gasteiger partial charge on any atom is -0.340 e. The first-order valence-electron chi connectivity index (χ1n) is 9.17. The quantitative estimate of drug-likeness (QED) is 0.633. The molecule has 0 aliphatic rings. The molecular weight excluding hydrogens is 425 g/mol. The van der Waals surface area contributed by atoms with E-state index in [1.807, 2.05) is 31.2 Å². The number of carbonyl (C=O) groups excluding carboxylic acids is 2. The molecule has 1 unspecified atom stereocenters. The van der Waals surface area contributed by atoms with Crippen LogP contribution in [0.2, 0.25) is 0 Å². The molecule has 2 aromatic rings. The maximum absolute atomic E-state index is 12.9. The number of benzene rings is 2. The number of hydrogen-bond donors (Lipinski definition) is 2. The fraction of sp³-hybridized carbons (Fsp3) is 0.333. The normalized spacial score (nSPS) is 11.6. The van der Waals surface area contributed by atoms with E-state index >= 15 is 0 Å². The predicted molar refractivity (Wildman–Crippen MR) is 111 cm³/mol. The van der Waals surface area contributed by atoms with Gasteiger partial charge in [0, 0.05) is 24.6 Å². The molecule has 28 heavy (non-hydrogen) atoms. The number of halogens is 2. The van der Waals surface area contributed by atoms with Crippen LogP contribution in [0.4, 0.5) is 9.18 Å². The number of likely N-dealkylation sites (N-methyl/N-ethyl adjacent to an activating group) is 1. The smallest absolute Gasteiger partial charge is 0.315 e. The number of nitrogens with one attached hydrogen (secondary N) is 2. The molecule has 7 heteroatoms. The first kappa shape index (κ1) is 21.9. The summed E-state index contributed by atoms with van der Waals surface area (Å²) >= 11 is 3.39. The van der Waals surface area contributed by atoms with Crippen molar-refractivity contribution in [1.82, 2.24) is 15.5 Å². The highest BCUT2D eigenvalue weighted by atomic mass is 79.9. The highest BCUT2D eigenvalue weighted by Gasteiger charge is 2.23. The Morgan fingerprint density at radius 3 is 2.29 bits per heavy atom. The predicted octanol–water partition coefficient (Wildman–Crippen LogP) is 4.21. The molecule has 2 N–H and O–H groups in total. The lowest BCUT2D eigenvalue weighted by Crippen LogP contribution is -2.50. The molecule has 3 amide bonds. The number of urea groups is 1. The van der Waals surface area contributed by atoms with Crippen LogP contribution in [0.3, 0.4) is 0 Å². The van der Waals surface area contributed by atoms with E-state index in [0.29, 0.717) is 13.0 Å². The van der Waals surface area contributed by atoms with E-state index in [2.05, 4.69) is 26.6 Å². The molecule has 5 nitrogen and oxygen atoms in total. The maximum atomic E-state index is 12.9. The lowest BCUT2D eigenvalue weighted by Gasteiger charge is -2.24. The van der Waals surface area contributed by atoms with Gasteiger partial charge in [-0.3, -0.25) is 4.79 Å². The van der Waals surface area contributed by atoms with Gasteiger partial charge in [0.25, 0.3) is 0 Å². The monoisotopic (exact) mass is 449 g/mol. The van der Waals surface area contributed by atoms with E-state index < -0.39 is 12.1 Å². The van der Waals surface area contributed by atoms with E-state index in [1.54, 1.807) is 24.1 Å². The zero-order chi connectivity index (χ0) is 20.5. The fourth-order valence-electron chi connectivity index (χ4n) is 2.75. The number of rotatable bonds is 8. The number of carbonyl (C=O) groups is 2. The molecule has 0 heterocycles. The van der Waals surface area contributed by atoms with Gasteiger partial charge in [-0.25, -0.2) is 9.18 Å². The maximum Gasteiger partial charge on any atom is 0.315 e. The van der Waals surface area contributed by atoms with E-state index in [4.69, 9.17) is 0 Å². The molecule has 2 rings (SSSR count). The van der Waals surface area contributed by atoms with E-state index in [9.17, 15) is 14.0 Å². The van der Waals surface area contributed by atoms with Crippen molar-refractivity contribution in [2.45, 2.75) is 38.9 Å². The first-order chi connectivity index (χ1) is 13.4. The molecule has 0 aliphatic carbocycles. The van der Waals surface area contributed by atoms with Gasteiger partial charge in [0.1, 0.15) is 11.9 Å². The second-order valence-electron chi connectivity index (χ2n) is 6.62. The Labute approximate surface area is 173 Å². The number of amides is 3. The third-order valence-corrected chi connectivity index (χ3v) is 4.78. The lowest BCUT2D eigenvalue weighted by atomic mass is 10.1. The average Bonchev–Trinajstić information content (AvgIpc) is 2.68. The van der Waals surface area contributed by atoms with Crippen LogP contribution in [0.5, 0.6) is 0 Å². The first-order valence-corrected chi connectivity index (χ1v) is 9.96. The SMILES string of the molecule is CCCC(NC(=O)NCc1ccc(F)cc1)C(=O)N(C)Cc1ccc(Br)cc1. The Kier molecular flexibility index (Phi) is 8.44. The Balaban J connectivity index is 1.90. The molecule has 0 saturated heterocycles. The molecule has 0 spiro atoms. The summed E-state index contributed by atoms with van der Waals surface area (Å²) in [6.07, 6.45) is 1.31. The summed E-state index contributed by atoms with van der Waals surface area (Å²) in [6.45, 7) is 2.69. The van der Waals surface area contributed by atoms with Gasteiger partial charge < -0.3 is 15.5 Å². The largest absolute Gasteiger partial charge is 0.340 e. The highest BCUT2D eigenvalue weighted by Crippen LogP contribution is 2.13. The van der Waals surface area contributed by atoms with Crippen molar-refractivity contribution in [3.63, 3.8) is 0 Å². The zero-order valence-corrected chi connectivity index (χ0v) is 17.6. The van der Waals surface area contributed by atoms with Crippen LogP contribution >= 0.6 is 15.9 Å². The van der Waals surface area contributed by atoms with E-state index in [1.165, 1.54) is 12.1 Å². The summed E-state index contributed by atoms with van der Waals surface area (Å²) in [6, 6.07) is 12.6. The van der Waals surface area contributed by atoms with Crippen molar-refractivity contribution in [2.24, 2.45) is 0 Å². The summed E-state index contributed by atoms with van der Waals surface area (Å²) in [5.41, 5.74) is 1.79. The average molecular weight is 450 g/mol. The summed E-state index contributed by atoms with van der Waals surface area (Å²) < 4.78 is 13.9. The van der Waals surface area contributed by atoms with Gasteiger partial charge in [0.2, 0.25) is 5.91 Å². The molecule has 1 atom stereocenters. The molecule has 0 bridgehead atoms. The van der Waals surface area contributed by atoms with E-state index in [0.717, 1.165) is 22.0 Å². The van der Waals surface area contributed by atoms with Crippen molar-refractivity contribution >= 4 is 27.9 Å². The topological polar surface area (TPSA) is 61.4 Å². The Morgan fingerprint density at radius 2 is 1.68 bits per heavy atom. The molecule has 0 aromatic heterocycles. The minimum atomic E-state index is -0.598. The van der Waals surface area contributed by atoms with Crippen molar-refractivity contribution in [2.75, 3.05) is 7.05 Å². The van der Waals surface area contributed by atoms with Crippen LogP contribution in [-0.4, -0.2) is 29.9 Å². The third-order valence-electron chi connectivity index (χ3n) is 4.26. The Hall–Kier alpha value is -2.41. The van der Waals surface area contributed by atoms with Gasteiger partial charge in [-0.2, -0.15) is 0 Å². The lowest BCUT2D eigenvalue weighted by molar-refractivity contribution is -0.132. The van der Waals surface area contributed by atoms with Crippen LogP contribution in [0.15, 0.2) is 53.0 Å². The molecule has 0 fully saturated rings. The molecule has 0 saturated carbocycles. The van der Waals surface area contributed by atoms with Crippen molar-refractivity contribution in [1.29, 1.82) is 0 Å². The van der Waals surface area contributed by atoms with Gasteiger partial charge in [-0.15, -0.1) is 0 Å². The number of nitrogens with zero attached hydrogens (tertiary/aromatic N) is 1. The van der Waals surface area contributed by atoms with Gasteiger partial charge in [0.15, 0.2) is 0 Å². The van der Waals surface area contributed by atoms with Crippen LogP contribution in [0.25, 0.3) is 0 Å². The van der Waals surface area contributed by atoms with Crippen LogP contribution in [-0.2, 0) is 17.9 Å². The Morgan fingerprint density at radius 1 is 1.07 bits per heavy atom. The molecule has 0 radical (unpaired) electrons. The summed E-state index contributed by atoms with van der Waals surface area (Å²) in [5.74, 6) is -0.461. The zero-order valence-electron chi connectivity index (χ0n) is 16.0. The molecule has 150 valence electrons. The van der Waals surface area contributed by atoms with Crippen molar-refractivity contribution < 1.29 is 14.0 Å². The second-order valence-corrected chi connectivity index (χ2v) is 7.53.